The van der Waals surface area contributed by atoms with Gasteiger partial charge in [-0.25, -0.2) is 4.79 Å². The highest BCUT2D eigenvalue weighted by Gasteiger charge is 2.70. The fourth-order valence-electron chi connectivity index (χ4n) is 9.79. The number of esters is 1. The van der Waals surface area contributed by atoms with Gasteiger partial charge in [-0.1, -0.05) is 58.4 Å². The van der Waals surface area contributed by atoms with E-state index in [4.69, 9.17) is 14.2 Å². The Morgan fingerprint density at radius 3 is 2.52 bits per heavy atom. The predicted octanol–water partition coefficient (Wildman–Crippen LogP) is 6.26. The van der Waals surface area contributed by atoms with Crippen molar-refractivity contribution in [1.82, 2.24) is 0 Å². The third-order valence-electron chi connectivity index (χ3n) is 12.0. The third-order valence-corrected chi connectivity index (χ3v) is 12.0. The second-order valence-corrected chi connectivity index (χ2v) is 14.3. The largest absolute Gasteiger partial charge is 0.509 e. The van der Waals surface area contributed by atoms with Crippen LogP contribution in [0.15, 0.2) is 11.6 Å². The molecule has 0 amide bonds. The summed E-state index contributed by atoms with van der Waals surface area (Å²) in [6.45, 7) is 5.91. The lowest BCUT2D eigenvalue weighted by Gasteiger charge is -2.60. The molecule has 0 aliphatic heterocycles. The first-order valence-electron chi connectivity index (χ1n) is 16.5. The van der Waals surface area contributed by atoms with Crippen molar-refractivity contribution in [3.63, 3.8) is 0 Å². The van der Waals surface area contributed by atoms with E-state index in [1.54, 1.807) is 6.08 Å². The lowest BCUT2D eigenvalue weighted by Crippen LogP contribution is -2.63. The number of carbonyl (C=O) groups is 4. The minimum Gasteiger partial charge on any atom is -0.457 e. The second-order valence-electron chi connectivity index (χ2n) is 14.3. The summed E-state index contributed by atoms with van der Waals surface area (Å²) >= 11 is 0. The number of hydrogen-bond donors (Lipinski definition) is 1. The summed E-state index contributed by atoms with van der Waals surface area (Å²) in [5.41, 5.74) is -1.50. The van der Waals surface area contributed by atoms with Crippen molar-refractivity contribution in [2.45, 2.75) is 129 Å². The fourth-order valence-corrected chi connectivity index (χ4v) is 9.79. The predicted molar refractivity (Wildman–Crippen MR) is 155 cm³/mol. The number of hydrogen-bond acceptors (Lipinski definition) is 8. The van der Waals surface area contributed by atoms with Gasteiger partial charge in [0.1, 0.15) is 0 Å². The summed E-state index contributed by atoms with van der Waals surface area (Å²) in [5, 5.41) is 11.8. The van der Waals surface area contributed by atoms with E-state index in [0.29, 0.717) is 38.0 Å². The first-order valence-corrected chi connectivity index (χ1v) is 16.5. The van der Waals surface area contributed by atoms with Crippen molar-refractivity contribution in [3.05, 3.63) is 11.6 Å². The van der Waals surface area contributed by atoms with Crippen LogP contribution >= 0.6 is 0 Å². The minimum absolute atomic E-state index is 0.0282. The average Bonchev–Trinajstić information content (AvgIpc) is 3.57. The highest BCUT2D eigenvalue weighted by molar-refractivity contribution is 5.93. The van der Waals surface area contributed by atoms with Crippen LogP contribution in [0, 0.1) is 34.5 Å². The first kappa shape index (κ1) is 31.2. The Labute approximate surface area is 250 Å². The van der Waals surface area contributed by atoms with Gasteiger partial charge in [-0.2, -0.15) is 0 Å². The molecule has 4 saturated carbocycles. The Bertz CT molecular complexity index is 1090. The van der Waals surface area contributed by atoms with Gasteiger partial charge in [-0.3, -0.25) is 14.4 Å². The molecule has 0 saturated heterocycles. The van der Waals surface area contributed by atoms with Crippen LogP contribution < -0.4 is 0 Å². The molecule has 0 unspecified atom stereocenters. The number of aliphatic hydroxyl groups is 1. The normalized spacial score (nSPS) is 37.7. The first-order chi connectivity index (χ1) is 20.0. The van der Waals surface area contributed by atoms with E-state index >= 15 is 0 Å². The molecule has 0 aromatic rings. The molecule has 5 rings (SSSR count). The van der Waals surface area contributed by atoms with Gasteiger partial charge in [0.2, 0.25) is 5.78 Å². The summed E-state index contributed by atoms with van der Waals surface area (Å²) in [4.78, 5) is 52.0. The van der Waals surface area contributed by atoms with Crippen molar-refractivity contribution < 1.29 is 38.5 Å². The molecule has 8 nitrogen and oxygen atoms in total. The van der Waals surface area contributed by atoms with Crippen LogP contribution in [0.3, 0.4) is 0 Å². The molecule has 5 aliphatic carbocycles. The van der Waals surface area contributed by atoms with E-state index < -0.39 is 41.6 Å². The Morgan fingerprint density at radius 2 is 1.79 bits per heavy atom. The quantitative estimate of drug-likeness (QED) is 0.235. The fraction of sp³-hybridized carbons (Fsp3) is 0.824. The maximum atomic E-state index is 14.1. The van der Waals surface area contributed by atoms with Gasteiger partial charge in [-0.15, -0.1) is 0 Å². The van der Waals surface area contributed by atoms with Crippen LogP contribution in [0.1, 0.15) is 117 Å². The van der Waals surface area contributed by atoms with Gasteiger partial charge in [0.25, 0.3) is 0 Å². The molecule has 0 bridgehead atoms. The number of rotatable bonds is 10. The van der Waals surface area contributed by atoms with Crippen molar-refractivity contribution in [2.24, 2.45) is 34.5 Å². The van der Waals surface area contributed by atoms with E-state index in [1.165, 1.54) is 12.8 Å². The van der Waals surface area contributed by atoms with Crippen molar-refractivity contribution in [3.8, 4) is 0 Å². The van der Waals surface area contributed by atoms with Gasteiger partial charge in [0.15, 0.2) is 18.0 Å². The topological polar surface area (TPSA) is 116 Å². The lowest BCUT2D eigenvalue weighted by molar-refractivity contribution is -0.189. The van der Waals surface area contributed by atoms with Crippen LogP contribution in [-0.2, 0) is 28.6 Å². The van der Waals surface area contributed by atoms with Crippen molar-refractivity contribution >= 4 is 23.7 Å². The highest BCUT2D eigenvalue weighted by atomic mass is 16.7. The van der Waals surface area contributed by atoms with Crippen LogP contribution in [0.4, 0.5) is 4.79 Å². The molecule has 234 valence electrons. The zero-order valence-electron chi connectivity index (χ0n) is 25.8. The smallest absolute Gasteiger partial charge is 0.457 e. The molecule has 0 aromatic carbocycles. The Balaban J connectivity index is 1.37. The summed E-state index contributed by atoms with van der Waals surface area (Å²) in [6.07, 6.45) is 11.6. The second kappa shape index (κ2) is 12.4. The maximum Gasteiger partial charge on any atom is 0.509 e. The van der Waals surface area contributed by atoms with Crippen LogP contribution in [0.2, 0.25) is 0 Å². The summed E-state index contributed by atoms with van der Waals surface area (Å²) in [7, 11) is 0. The Hall–Kier alpha value is -2.22. The van der Waals surface area contributed by atoms with Gasteiger partial charge < -0.3 is 19.3 Å². The molecule has 8 heteroatoms. The number of Topliss-reactive ketones (excluding diaryl/α,β-unsaturated/α-hetero) is 1. The van der Waals surface area contributed by atoms with Crippen LogP contribution in [0.5, 0.6) is 0 Å². The molecule has 0 aromatic heterocycles. The standard InChI is InChI=1S/C34H50O8/c1-4-5-18-40-31(39)42-34(28(37)21-41-29(38)13-10-22-8-6-7-9-22)17-15-26-25-12-11-23-19-24(35)14-16-32(23,2)30(25)27(36)20-33(26,34)3/h19,22,25-27,30,36H,4-18,20-21H2,1-3H3/t25-,26-,27-,30+,32-,33-,34-/m0/s1. The summed E-state index contributed by atoms with van der Waals surface area (Å²) in [6, 6.07) is 0. The van der Waals surface area contributed by atoms with Crippen molar-refractivity contribution in [1.29, 1.82) is 0 Å². The third kappa shape index (κ3) is 5.57. The van der Waals surface area contributed by atoms with E-state index in [9.17, 15) is 24.3 Å². The SMILES string of the molecule is CCCCOC(=O)O[C@]1(C(=O)COC(=O)CCC2CCCC2)CC[C@H]2[C@@H]3CCC4=CC(=O)CC[C@]4(C)[C@H]3[C@@H](O)C[C@@]21C. The Kier molecular flexibility index (Phi) is 9.22. The van der Waals surface area contributed by atoms with E-state index in [-0.39, 0.29) is 42.0 Å². The lowest BCUT2D eigenvalue weighted by atomic mass is 9.45. The number of ketones is 2. The molecule has 0 heterocycles. The molecule has 0 spiro atoms. The zero-order chi connectivity index (χ0) is 30.1. The molecule has 4 fully saturated rings. The van der Waals surface area contributed by atoms with Gasteiger partial charge in [0.05, 0.1) is 12.7 Å². The molecule has 0 radical (unpaired) electrons. The number of ether oxygens (including phenoxy) is 3. The number of unbranched alkanes of at least 4 members (excludes halogenated alkanes) is 1. The van der Waals surface area contributed by atoms with Crippen LogP contribution in [0.25, 0.3) is 0 Å². The average molecular weight is 587 g/mol. The molecule has 7 atom stereocenters. The van der Waals surface area contributed by atoms with Crippen LogP contribution in [-0.4, -0.2) is 53.7 Å². The van der Waals surface area contributed by atoms with Gasteiger partial charge in [0, 0.05) is 18.3 Å². The number of aliphatic hydroxyl groups excluding tert-OH is 1. The van der Waals surface area contributed by atoms with E-state index in [0.717, 1.165) is 50.5 Å². The maximum absolute atomic E-state index is 14.1. The molecule has 5 aliphatic rings. The minimum atomic E-state index is -1.54. The van der Waals surface area contributed by atoms with E-state index in [1.807, 2.05) is 13.8 Å². The number of fused-ring (bicyclic) bond motifs is 5. The zero-order valence-corrected chi connectivity index (χ0v) is 25.8. The molecule has 1 N–H and O–H groups in total. The van der Waals surface area contributed by atoms with E-state index in [2.05, 4.69) is 6.92 Å². The molecular formula is C34H50O8. The van der Waals surface area contributed by atoms with Gasteiger partial charge in [-0.05, 0) is 86.5 Å². The van der Waals surface area contributed by atoms with Gasteiger partial charge >= 0.3 is 12.1 Å². The molecular weight excluding hydrogens is 536 g/mol. The molecule has 42 heavy (non-hydrogen) atoms. The number of carbonyl (C=O) groups excluding carboxylic acids is 4. The van der Waals surface area contributed by atoms with Crippen molar-refractivity contribution in [2.75, 3.05) is 13.2 Å². The number of allylic oxidation sites excluding steroid dienone is 1. The highest BCUT2D eigenvalue weighted by Crippen LogP contribution is 2.68. The summed E-state index contributed by atoms with van der Waals surface area (Å²) < 4.78 is 16.9. The summed E-state index contributed by atoms with van der Waals surface area (Å²) in [5.74, 6) is 0.0111. The Morgan fingerprint density at radius 1 is 1.02 bits per heavy atom. The monoisotopic (exact) mass is 586 g/mol.